The van der Waals surface area contributed by atoms with Gasteiger partial charge in [0.1, 0.15) is 4.60 Å². The van der Waals surface area contributed by atoms with Gasteiger partial charge in [-0.3, -0.25) is 9.48 Å². The zero-order valence-electron chi connectivity index (χ0n) is 7.91. The highest BCUT2D eigenvalue weighted by molar-refractivity contribution is 9.10. The van der Waals surface area contributed by atoms with Crippen LogP contribution in [0, 0.1) is 12.3 Å². The second-order valence-electron chi connectivity index (χ2n) is 2.83. The number of amides is 1. The summed E-state index contributed by atoms with van der Waals surface area (Å²) in [6.07, 6.45) is 6.63. The summed E-state index contributed by atoms with van der Waals surface area (Å²) >= 11 is 3.25. The average molecular weight is 256 g/mol. The van der Waals surface area contributed by atoms with Crippen LogP contribution in [0.5, 0.6) is 0 Å². The number of carbonyl (C=O) groups is 1. The molecule has 0 spiro atoms. The molecule has 14 heavy (non-hydrogen) atoms. The smallest absolute Gasteiger partial charge is 0.256 e. The van der Waals surface area contributed by atoms with E-state index in [9.17, 15) is 4.79 Å². The van der Waals surface area contributed by atoms with Crippen LogP contribution in [0.3, 0.4) is 0 Å². The van der Waals surface area contributed by atoms with Crippen LogP contribution in [0.4, 0.5) is 0 Å². The number of hydrogen-bond donors (Lipinski definition) is 1. The Morgan fingerprint density at radius 2 is 2.50 bits per heavy atom. The highest BCUT2D eigenvalue weighted by atomic mass is 79.9. The minimum absolute atomic E-state index is 0.226. The summed E-state index contributed by atoms with van der Waals surface area (Å²) in [7, 11) is 1.74. The Morgan fingerprint density at radius 3 is 2.93 bits per heavy atom. The Labute approximate surface area is 90.8 Å². The molecule has 1 atom stereocenters. The predicted molar refractivity (Wildman–Crippen MR) is 56.7 cm³/mol. The molecule has 1 rings (SSSR count). The van der Waals surface area contributed by atoms with Gasteiger partial charge in [-0.2, -0.15) is 5.10 Å². The second kappa shape index (κ2) is 4.29. The summed E-state index contributed by atoms with van der Waals surface area (Å²) in [6.45, 7) is 1.74. The first-order chi connectivity index (χ1) is 6.56. The molecule has 0 fully saturated rings. The molecule has 0 aliphatic heterocycles. The van der Waals surface area contributed by atoms with Crippen molar-refractivity contribution in [1.82, 2.24) is 15.1 Å². The van der Waals surface area contributed by atoms with Gasteiger partial charge in [0.2, 0.25) is 0 Å². The molecule has 0 aliphatic rings. The van der Waals surface area contributed by atoms with Crippen molar-refractivity contribution >= 4 is 21.8 Å². The number of terminal acetylenes is 1. The molecule has 4 nitrogen and oxygen atoms in total. The van der Waals surface area contributed by atoms with E-state index in [2.05, 4.69) is 32.3 Å². The van der Waals surface area contributed by atoms with Crippen molar-refractivity contribution < 1.29 is 4.79 Å². The predicted octanol–water partition coefficient (Wildman–Crippen LogP) is 0.934. The van der Waals surface area contributed by atoms with Crippen molar-refractivity contribution in [2.45, 2.75) is 13.0 Å². The quantitative estimate of drug-likeness (QED) is 0.800. The summed E-state index contributed by atoms with van der Waals surface area (Å²) in [5.74, 6) is 2.19. The second-order valence-corrected chi connectivity index (χ2v) is 3.59. The molecule has 0 saturated heterocycles. The minimum atomic E-state index is -0.283. The van der Waals surface area contributed by atoms with E-state index < -0.39 is 0 Å². The lowest BCUT2D eigenvalue weighted by Gasteiger charge is -2.06. The molecule has 1 heterocycles. The van der Waals surface area contributed by atoms with Gasteiger partial charge in [-0.15, -0.1) is 6.42 Å². The minimum Gasteiger partial charge on any atom is -0.339 e. The number of aryl methyl sites for hydroxylation is 1. The highest BCUT2D eigenvalue weighted by Gasteiger charge is 2.14. The number of halogens is 1. The van der Waals surface area contributed by atoms with E-state index in [1.165, 1.54) is 6.20 Å². The van der Waals surface area contributed by atoms with E-state index in [0.717, 1.165) is 0 Å². The summed E-state index contributed by atoms with van der Waals surface area (Å²) in [4.78, 5) is 11.6. The van der Waals surface area contributed by atoms with Gasteiger partial charge in [0.15, 0.2) is 0 Å². The standard InChI is InChI=1S/C9H10BrN3O/c1-4-6(2)12-9(14)7-5-11-13(3)8(7)10/h1,5-6H,2-3H3,(H,12,14). The van der Waals surface area contributed by atoms with Crippen LogP contribution in [0.2, 0.25) is 0 Å². The molecule has 74 valence electrons. The monoisotopic (exact) mass is 255 g/mol. The van der Waals surface area contributed by atoms with Gasteiger partial charge in [0.05, 0.1) is 17.8 Å². The number of hydrogen-bond acceptors (Lipinski definition) is 2. The Balaban J connectivity index is 2.81. The van der Waals surface area contributed by atoms with Crippen molar-refractivity contribution in [2.24, 2.45) is 7.05 Å². The Bertz CT molecular complexity index is 391. The first-order valence-electron chi connectivity index (χ1n) is 4.00. The van der Waals surface area contributed by atoms with Crippen LogP contribution in [0.1, 0.15) is 17.3 Å². The van der Waals surface area contributed by atoms with Gasteiger partial charge in [-0.1, -0.05) is 5.92 Å². The van der Waals surface area contributed by atoms with E-state index in [-0.39, 0.29) is 11.9 Å². The SMILES string of the molecule is C#CC(C)NC(=O)c1cnn(C)c1Br. The Kier molecular flexibility index (Phi) is 3.31. The molecule has 1 amide bonds. The van der Waals surface area contributed by atoms with Crippen LogP contribution in [-0.2, 0) is 7.05 Å². The third kappa shape index (κ3) is 2.15. The van der Waals surface area contributed by atoms with E-state index in [0.29, 0.717) is 10.2 Å². The summed E-state index contributed by atoms with van der Waals surface area (Å²) in [6, 6.07) is -0.283. The number of rotatable bonds is 2. The van der Waals surface area contributed by atoms with E-state index in [1.807, 2.05) is 0 Å². The molecule has 1 N–H and O–H groups in total. The number of aromatic nitrogens is 2. The van der Waals surface area contributed by atoms with Gasteiger partial charge in [-0.25, -0.2) is 0 Å². The van der Waals surface area contributed by atoms with Gasteiger partial charge in [-0.05, 0) is 22.9 Å². The fourth-order valence-corrected chi connectivity index (χ4v) is 1.26. The third-order valence-electron chi connectivity index (χ3n) is 1.71. The van der Waals surface area contributed by atoms with Gasteiger partial charge in [0, 0.05) is 7.05 Å². The largest absolute Gasteiger partial charge is 0.339 e. The molecule has 0 aliphatic carbocycles. The van der Waals surface area contributed by atoms with Crippen LogP contribution in [-0.4, -0.2) is 21.7 Å². The van der Waals surface area contributed by atoms with E-state index >= 15 is 0 Å². The molecule has 0 aromatic carbocycles. The molecule has 0 bridgehead atoms. The number of nitrogens with zero attached hydrogens (tertiary/aromatic N) is 2. The fraction of sp³-hybridized carbons (Fsp3) is 0.333. The number of carbonyl (C=O) groups excluding carboxylic acids is 1. The van der Waals surface area contributed by atoms with Crippen LogP contribution >= 0.6 is 15.9 Å². The normalized spacial score (nSPS) is 11.9. The maximum atomic E-state index is 11.6. The summed E-state index contributed by atoms with van der Waals surface area (Å²) in [5, 5.41) is 6.57. The number of nitrogens with one attached hydrogen (secondary N) is 1. The molecule has 1 unspecified atom stereocenters. The molecular formula is C9H10BrN3O. The maximum Gasteiger partial charge on any atom is 0.256 e. The first-order valence-corrected chi connectivity index (χ1v) is 4.80. The zero-order valence-corrected chi connectivity index (χ0v) is 9.50. The maximum absolute atomic E-state index is 11.6. The summed E-state index contributed by atoms with van der Waals surface area (Å²) < 4.78 is 2.20. The Hall–Kier alpha value is -1.28. The van der Waals surface area contributed by atoms with Crippen molar-refractivity contribution in [2.75, 3.05) is 0 Å². The van der Waals surface area contributed by atoms with Crippen LogP contribution in [0.15, 0.2) is 10.8 Å². The van der Waals surface area contributed by atoms with E-state index in [1.54, 1.807) is 18.7 Å². The van der Waals surface area contributed by atoms with Crippen LogP contribution in [0.25, 0.3) is 0 Å². The molecule has 5 heteroatoms. The van der Waals surface area contributed by atoms with Gasteiger partial charge < -0.3 is 5.32 Å². The third-order valence-corrected chi connectivity index (χ3v) is 2.65. The lowest BCUT2D eigenvalue weighted by atomic mass is 10.3. The first kappa shape index (κ1) is 10.8. The summed E-state index contributed by atoms with van der Waals surface area (Å²) in [5.41, 5.74) is 0.481. The van der Waals surface area contributed by atoms with Gasteiger partial charge in [0.25, 0.3) is 5.91 Å². The van der Waals surface area contributed by atoms with E-state index in [4.69, 9.17) is 6.42 Å². The molecule has 1 aromatic rings. The van der Waals surface area contributed by atoms with Crippen molar-refractivity contribution in [3.63, 3.8) is 0 Å². The van der Waals surface area contributed by atoms with Crippen molar-refractivity contribution in [1.29, 1.82) is 0 Å². The molecule has 0 radical (unpaired) electrons. The van der Waals surface area contributed by atoms with Crippen LogP contribution < -0.4 is 5.32 Å². The topological polar surface area (TPSA) is 46.9 Å². The Morgan fingerprint density at radius 1 is 1.86 bits per heavy atom. The lowest BCUT2D eigenvalue weighted by Crippen LogP contribution is -2.31. The fourth-order valence-electron chi connectivity index (χ4n) is 0.891. The highest BCUT2D eigenvalue weighted by Crippen LogP contribution is 2.14. The lowest BCUT2D eigenvalue weighted by molar-refractivity contribution is 0.0947. The van der Waals surface area contributed by atoms with Crippen molar-refractivity contribution in [3.05, 3.63) is 16.4 Å². The average Bonchev–Trinajstić information content (AvgIpc) is 2.47. The molecule has 1 aromatic heterocycles. The van der Waals surface area contributed by atoms with Crippen molar-refractivity contribution in [3.8, 4) is 12.3 Å². The molecule has 0 saturated carbocycles. The zero-order chi connectivity index (χ0) is 10.7. The van der Waals surface area contributed by atoms with Gasteiger partial charge >= 0.3 is 0 Å². The molecular weight excluding hydrogens is 246 g/mol.